The topological polar surface area (TPSA) is 273 Å². The number of aliphatic hydroxyl groups is 8. The van der Waals surface area contributed by atoms with Crippen molar-refractivity contribution in [2.24, 2.45) is 0 Å². The van der Waals surface area contributed by atoms with Crippen LogP contribution < -0.4 is 0 Å². The molecular weight excluding hydrogens is 1020 g/mol. The number of hydrogen-bond donors (Lipinski definition) is 10. The highest BCUT2D eigenvalue weighted by Gasteiger charge is 2.43. The van der Waals surface area contributed by atoms with Crippen LogP contribution in [-0.4, -0.2) is 125 Å². The summed E-state index contributed by atoms with van der Waals surface area (Å²) in [6.07, 6.45) is 2.87. The number of aliphatic hydroxyl groups excluding tert-OH is 8. The van der Waals surface area contributed by atoms with E-state index < -0.39 is 60.8 Å². The highest BCUT2D eigenvalue weighted by molar-refractivity contribution is 5.74. The Hall–Kier alpha value is -6.74. The third-order valence-electron chi connectivity index (χ3n) is 13.6. The second-order valence-electron chi connectivity index (χ2n) is 19.2. The van der Waals surface area contributed by atoms with E-state index in [0.717, 1.165) is 51.8 Å². The molecular formula is C64H76O16. The fraction of sp³-hybridized carbons (Fsp3) is 0.344. The van der Waals surface area contributed by atoms with Gasteiger partial charge >= 0.3 is 11.9 Å². The van der Waals surface area contributed by atoms with Gasteiger partial charge in [0.05, 0.1) is 30.5 Å². The molecule has 14 atom stereocenters. The van der Waals surface area contributed by atoms with Gasteiger partial charge in [0.25, 0.3) is 0 Å². The number of carboxylic acids is 2. The van der Waals surface area contributed by atoms with E-state index in [1.54, 1.807) is 73.7 Å². The van der Waals surface area contributed by atoms with Crippen molar-refractivity contribution in [3.63, 3.8) is 0 Å². The molecule has 80 heavy (non-hydrogen) atoms. The smallest absolute Gasteiger partial charge is 0.337 e. The van der Waals surface area contributed by atoms with Crippen molar-refractivity contribution in [3.8, 4) is 0 Å². The molecule has 16 nitrogen and oxygen atoms in total. The predicted octanol–water partition coefficient (Wildman–Crippen LogP) is 8.43. The average molecular weight is 1100 g/mol. The minimum absolute atomic E-state index is 0.0486. The Balaban J connectivity index is 0.000000183. The zero-order valence-corrected chi connectivity index (χ0v) is 45.3. The first-order chi connectivity index (χ1) is 38.5. The maximum Gasteiger partial charge on any atom is 0.337 e. The molecule has 428 valence electrons. The van der Waals surface area contributed by atoms with E-state index in [2.05, 4.69) is 38.1 Å². The summed E-state index contributed by atoms with van der Waals surface area (Å²) in [5, 5.41) is 92.7. The highest BCUT2D eigenvalue weighted by Crippen LogP contribution is 2.45. The number of ether oxygens (including phenoxy) is 4. The largest absolute Gasteiger partial charge is 0.479 e. The number of hydrogen-bond acceptors (Lipinski definition) is 14. The maximum atomic E-state index is 10.6. The van der Waals surface area contributed by atoms with Crippen molar-refractivity contribution in [2.45, 2.75) is 126 Å². The lowest BCUT2D eigenvalue weighted by molar-refractivity contribution is -0.322. The summed E-state index contributed by atoms with van der Waals surface area (Å²) in [6.45, 7) is 7.70. The molecule has 16 heteroatoms. The van der Waals surface area contributed by atoms with Gasteiger partial charge in [0, 0.05) is 11.8 Å². The Morgan fingerprint density at radius 3 is 1.07 bits per heavy atom. The Morgan fingerprint density at radius 1 is 0.450 bits per heavy atom. The number of benzene rings is 6. The van der Waals surface area contributed by atoms with Crippen molar-refractivity contribution in [2.75, 3.05) is 13.6 Å². The molecule has 0 amide bonds. The first kappa shape index (κ1) is 64.1. The molecule has 0 spiro atoms. The molecule has 10 N–H and O–H groups in total. The summed E-state index contributed by atoms with van der Waals surface area (Å²) in [6, 6.07) is 51.9. The molecule has 0 aromatic heterocycles. The second kappa shape index (κ2) is 33.1. The van der Waals surface area contributed by atoms with Crippen molar-refractivity contribution in [1.29, 1.82) is 0 Å². The Labute approximate surface area is 467 Å². The lowest BCUT2D eigenvalue weighted by Gasteiger charge is -2.43. The second-order valence-corrected chi connectivity index (χ2v) is 19.2. The molecule has 2 aliphatic carbocycles. The third-order valence-corrected chi connectivity index (χ3v) is 13.6. The van der Waals surface area contributed by atoms with E-state index in [1.165, 1.54) is 6.92 Å². The number of carbonyl (C=O) groups is 2. The molecule has 0 saturated carbocycles. The molecule has 4 aliphatic rings. The van der Waals surface area contributed by atoms with Crippen molar-refractivity contribution in [1.82, 2.24) is 0 Å². The van der Waals surface area contributed by atoms with Crippen LogP contribution in [0.4, 0.5) is 0 Å². The lowest BCUT2D eigenvalue weighted by atomic mass is 9.69. The number of fused-ring (bicyclic) bond motifs is 3. The normalized spacial score (nSPS) is 23.4. The van der Waals surface area contributed by atoms with Gasteiger partial charge in [-0.3, -0.25) is 0 Å². The Kier molecular flexibility index (Phi) is 26.5. The fourth-order valence-electron chi connectivity index (χ4n) is 9.26. The molecule has 2 fully saturated rings. The molecule has 0 radical (unpaired) electrons. The predicted molar refractivity (Wildman–Crippen MR) is 302 cm³/mol. The van der Waals surface area contributed by atoms with Crippen LogP contribution in [0.2, 0.25) is 0 Å². The standard InChI is InChI=1S/C20H18O2.C14H14O2.C10H18O4.C9H12O2.C8H8O3.C3H6O3/c21-17-11-9-13-5-1-3-7-15(13)19(17)20-16-8-4-2-6-14(16)10-12-18(20)22;15-13(11-7-3-1-4-8-11)14(16)12-9-5-2-6-10-12;1-3-7-9-10(14-5-11-7)8(4-2)12-6-13-9;1-7(10)9(11)8-5-3-2-4-6-8;9-7(8(10)11)6-4-2-1-3-5-6;1-2(4)3(5)6/h1-12,17-22H;1-10,13-16H;7-10H,3-6H2,1-2H3;2-7,9-11H,1H3;1-5,7,9H,(H,10,11);2,4H,1H3,(H,5,6)/t;13-,14-;7-,8-,9?,10?;7-,9+;7-;2-/m.11111/s1. The summed E-state index contributed by atoms with van der Waals surface area (Å²) in [5.41, 5.74) is 7.05. The summed E-state index contributed by atoms with van der Waals surface area (Å²) in [7, 11) is 0. The van der Waals surface area contributed by atoms with Crippen LogP contribution in [0, 0.1) is 0 Å². The monoisotopic (exact) mass is 1100 g/mol. The zero-order chi connectivity index (χ0) is 58.1. The van der Waals surface area contributed by atoms with Crippen LogP contribution in [0.25, 0.3) is 12.2 Å². The zero-order valence-electron chi connectivity index (χ0n) is 45.3. The van der Waals surface area contributed by atoms with Crippen LogP contribution in [0.5, 0.6) is 0 Å². The summed E-state index contributed by atoms with van der Waals surface area (Å²) in [4.78, 5) is 19.7. The molecule has 2 aliphatic heterocycles. The number of rotatable bonds is 11. The first-order valence-electron chi connectivity index (χ1n) is 26.6. The third kappa shape index (κ3) is 18.7. The average Bonchev–Trinajstić information content (AvgIpc) is 3.51. The Morgan fingerprint density at radius 2 is 0.762 bits per heavy atom. The SMILES string of the molecule is CC[C@H]1OCOC2C1OCO[C@@H]2CC.C[C@@H](O)C(=O)O.C[C@@H](O)[C@H](O)c1ccccc1.O=C(O)[C@H](O)c1ccccc1.OC1C=Cc2ccccc2C1C1c2ccccc2C=CC1O.O[C@H](c1ccccc1)[C@H](O)c1ccccc1. The van der Waals surface area contributed by atoms with E-state index in [0.29, 0.717) is 19.1 Å². The van der Waals surface area contributed by atoms with Gasteiger partial charge in [0.15, 0.2) is 6.10 Å². The summed E-state index contributed by atoms with van der Waals surface area (Å²) in [5.74, 6) is -2.68. The van der Waals surface area contributed by atoms with Crippen molar-refractivity contribution >= 4 is 24.1 Å². The van der Waals surface area contributed by atoms with Gasteiger partial charge in [-0.1, -0.05) is 208 Å². The van der Waals surface area contributed by atoms with Crippen LogP contribution in [0.1, 0.15) is 121 Å². The van der Waals surface area contributed by atoms with Crippen molar-refractivity contribution in [3.05, 3.63) is 227 Å². The van der Waals surface area contributed by atoms with Gasteiger partial charge in [-0.2, -0.15) is 0 Å². The first-order valence-corrected chi connectivity index (χ1v) is 26.6. The van der Waals surface area contributed by atoms with Gasteiger partial charge < -0.3 is 70.0 Å². The Bertz CT molecular complexity index is 2650. The van der Waals surface area contributed by atoms with Gasteiger partial charge in [-0.05, 0) is 71.2 Å². The van der Waals surface area contributed by atoms with Crippen LogP contribution in [0.3, 0.4) is 0 Å². The minimum atomic E-state index is -1.41. The lowest BCUT2D eigenvalue weighted by Crippen LogP contribution is -2.56. The van der Waals surface area contributed by atoms with Gasteiger partial charge in [0.1, 0.15) is 50.2 Å². The van der Waals surface area contributed by atoms with Gasteiger partial charge in [0.2, 0.25) is 0 Å². The van der Waals surface area contributed by atoms with E-state index in [4.69, 9.17) is 44.5 Å². The molecule has 6 aromatic carbocycles. The summed E-state index contributed by atoms with van der Waals surface area (Å²) < 4.78 is 22.1. The quantitative estimate of drug-likeness (QED) is 0.0583. The highest BCUT2D eigenvalue weighted by atomic mass is 16.8. The van der Waals surface area contributed by atoms with Crippen molar-refractivity contribution < 1.29 is 79.6 Å². The molecule has 0 bridgehead atoms. The van der Waals surface area contributed by atoms with Gasteiger partial charge in [-0.25, -0.2) is 9.59 Å². The molecule has 2 heterocycles. The van der Waals surface area contributed by atoms with E-state index >= 15 is 0 Å². The molecule has 6 unspecified atom stereocenters. The minimum Gasteiger partial charge on any atom is -0.479 e. The maximum absolute atomic E-state index is 10.6. The number of carboxylic acid groups (broad SMARTS) is 2. The number of aliphatic carboxylic acids is 2. The molecule has 6 aromatic rings. The summed E-state index contributed by atoms with van der Waals surface area (Å²) >= 11 is 0. The van der Waals surface area contributed by atoms with Crippen LogP contribution in [-0.2, 0) is 28.5 Å². The van der Waals surface area contributed by atoms with E-state index in [9.17, 15) is 35.1 Å². The van der Waals surface area contributed by atoms with Gasteiger partial charge in [-0.15, -0.1) is 0 Å². The van der Waals surface area contributed by atoms with E-state index in [-0.39, 0.29) is 36.3 Å². The van der Waals surface area contributed by atoms with Crippen LogP contribution in [0.15, 0.2) is 182 Å². The fourth-order valence-corrected chi connectivity index (χ4v) is 9.26. The van der Waals surface area contributed by atoms with E-state index in [1.807, 2.05) is 103 Å². The van der Waals surface area contributed by atoms with Crippen LogP contribution >= 0.6 is 0 Å². The molecule has 2 saturated heterocycles. The molecule has 10 rings (SSSR count).